The van der Waals surface area contributed by atoms with Crippen LogP contribution in [0.2, 0.25) is 0 Å². The van der Waals surface area contributed by atoms with Crippen molar-refractivity contribution >= 4 is 5.91 Å². The Balaban J connectivity index is 1.62. The number of hydrogen-bond acceptors (Lipinski definition) is 3. The molecule has 0 aromatic rings. The molecule has 0 aromatic carbocycles. The second-order valence-electron chi connectivity index (χ2n) is 5.67. The van der Waals surface area contributed by atoms with Crippen LogP contribution < -0.4 is 5.32 Å². The highest BCUT2D eigenvalue weighted by Crippen LogP contribution is 2.34. The Bertz CT molecular complexity index is 308. The number of carbonyl (C=O) groups excluding carboxylic acids is 1. The number of ether oxygens (including phenoxy) is 1. The lowest BCUT2D eigenvalue weighted by atomic mass is 9.81. The number of carbonyl (C=O) groups is 1. The van der Waals surface area contributed by atoms with Crippen LogP contribution in [0, 0.1) is 5.92 Å². The highest BCUT2D eigenvalue weighted by atomic mass is 16.5. The quantitative estimate of drug-likeness (QED) is 0.772. The van der Waals surface area contributed by atoms with Gasteiger partial charge in [-0.1, -0.05) is 0 Å². The summed E-state index contributed by atoms with van der Waals surface area (Å²) >= 11 is 0. The molecule has 3 rings (SSSR count). The highest BCUT2D eigenvalue weighted by Gasteiger charge is 2.40. The van der Waals surface area contributed by atoms with Crippen molar-refractivity contribution in [3.63, 3.8) is 0 Å². The lowest BCUT2D eigenvalue weighted by Gasteiger charge is -2.34. The first kappa shape index (κ1) is 11.5. The van der Waals surface area contributed by atoms with Gasteiger partial charge in [0.1, 0.15) is 0 Å². The number of hydrogen-bond donors (Lipinski definition) is 1. The van der Waals surface area contributed by atoms with Gasteiger partial charge in [-0.3, -0.25) is 4.79 Å². The monoisotopic (exact) mass is 238 g/mol. The standard InChI is InChI=1S/C13H22N2O2/c1-15-7-5-11(13(15)16)14-10-3-2-4-12-9(10)6-8-17-12/h9-12,14H,2-8H2,1H3/t9-,10+,11-,12+/m0/s1. The topological polar surface area (TPSA) is 41.6 Å². The first-order chi connectivity index (χ1) is 8.25. The molecule has 0 bridgehead atoms. The third-order valence-corrected chi connectivity index (χ3v) is 4.62. The van der Waals surface area contributed by atoms with E-state index in [9.17, 15) is 4.79 Å². The van der Waals surface area contributed by atoms with Crippen LogP contribution in [-0.4, -0.2) is 49.2 Å². The van der Waals surface area contributed by atoms with Crippen LogP contribution in [0.25, 0.3) is 0 Å². The fourth-order valence-electron chi connectivity index (χ4n) is 3.62. The van der Waals surface area contributed by atoms with Crippen molar-refractivity contribution in [3.05, 3.63) is 0 Å². The maximum atomic E-state index is 11.9. The van der Waals surface area contributed by atoms with E-state index >= 15 is 0 Å². The van der Waals surface area contributed by atoms with Crippen LogP contribution in [0.3, 0.4) is 0 Å². The van der Waals surface area contributed by atoms with E-state index in [1.54, 1.807) is 0 Å². The first-order valence-corrected chi connectivity index (χ1v) is 6.88. The Hall–Kier alpha value is -0.610. The molecule has 17 heavy (non-hydrogen) atoms. The minimum atomic E-state index is 0.0596. The van der Waals surface area contributed by atoms with Crippen molar-refractivity contribution in [1.29, 1.82) is 0 Å². The van der Waals surface area contributed by atoms with Crippen LogP contribution in [0.5, 0.6) is 0 Å². The van der Waals surface area contributed by atoms with E-state index in [4.69, 9.17) is 4.74 Å². The van der Waals surface area contributed by atoms with Gasteiger partial charge >= 0.3 is 0 Å². The maximum Gasteiger partial charge on any atom is 0.239 e. The summed E-state index contributed by atoms with van der Waals surface area (Å²) in [7, 11) is 1.90. The van der Waals surface area contributed by atoms with Gasteiger partial charge in [-0.15, -0.1) is 0 Å². The molecule has 4 heteroatoms. The molecule has 0 unspecified atom stereocenters. The van der Waals surface area contributed by atoms with Crippen LogP contribution in [-0.2, 0) is 9.53 Å². The molecule has 1 saturated carbocycles. The summed E-state index contributed by atoms with van der Waals surface area (Å²) in [5.41, 5.74) is 0. The Morgan fingerprint density at radius 1 is 1.29 bits per heavy atom. The predicted octanol–water partition coefficient (Wildman–Crippen LogP) is 0.764. The molecule has 0 spiro atoms. The summed E-state index contributed by atoms with van der Waals surface area (Å²) in [6, 6.07) is 0.557. The molecule has 0 aromatic heterocycles. The maximum absolute atomic E-state index is 11.9. The van der Waals surface area contributed by atoms with Crippen molar-refractivity contribution in [2.75, 3.05) is 20.2 Å². The highest BCUT2D eigenvalue weighted by molar-refractivity contribution is 5.83. The van der Waals surface area contributed by atoms with Crippen molar-refractivity contribution in [2.45, 2.75) is 50.3 Å². The molecule has 96 valence electrons. The van der Waals surface area contributed by atoms with Gasteiger partial charge in [0.25, 0.3) is 0 Å². The van der Waals surface area contributed by atoms with Gasteiger partial charge in [0.2, 0.25) is 5.91 Å². The Labute approximate surface area is 103 Å². The van der Waals surface area contributed by atoms with Crippen LogP contribution >= 0.6 is 0 Å². The Morgan fingerprint density at radius 2 is 2.18 bits per heavy atom. The van der Waals surface area contributed by atoms with E-state index in [1.165, 1.54) is 25.7 Å². The molecule has 1 amide bonds. The van der Waals surface area contributed by atoms with Crippen LogP contribution in [0.4, 0.5) is 0 Å². The van der Waals surface area contributed by atoms with Gasteiger partial charge in [0, 0.05) is 32.2 Å². The average molecular weight is 238 g/mol. The van der Waals surface area contributed by atoms with Crippen LogP contribution in [0.1, 0.15) is 32.1 Å². The lowest BCUT2D eigenvalue weighted by molar-refractivity contribution is -0.128. The van der Waals surface area contributed by atoms with E-state index in [1.807, 2.05) is 11.9 Å². The minimum absolute atomic E-state index is 0.0596. The zero-order chi connectivity index (χ0) is 11.8. The van der Waals surface area contributed by atoms with Crippen molar-refractivity contribution < 1.29 is 9.53 Å². The van der Waals surface area contributed by atoms with Gasteiger partial charge in [-0.25, -0.2) is 0 Å². The molecule has 2 aliphatic heterocycles. The fraction of sp³-hybridized carbons (Fsp3) is 0.923. The van der Waals surface area contributed by atoms with E-state index in [0.717, 1.165) is 19.6 Å². The normalized spacial score (nSPS) is 41.9. The molecular formula is C13H22N2O2. The van der Waals surface area contributed by atoms with E-state index < -0.39 is 0 Å². The molecule has 3 aliphatic rings. The number of amides is 1. The Kier molecular flexibility index (Phi) is 3.09. The predicted molar refractivity (Wildman–Crippen MR) is 64.7 cm³/mol. The number of likely N-dealkylation sites (tertiary alicyclic amines) is 1. The van der Waals surface area contributed by atoms with Crippen LogP contribution in [0.15, 0.2) is 0 Å². The summed E-state index contributed by atoms with van der Waals surface area (Å²) in [5.74, 6) is 0.911. The van der Waals surface area contributed by atoms with Crippen molar-refractivity contribution in [2.24, 2.45) is 5.92 Å². The SMILES string of the molecule is CN1CC[C@H](N[C@@H]2CCC[C@H]3OCC[C@@H]23)C1=O. The van der Waals surface area contributed by atoms with Gasteiger partial charge in [0.15, 0.2) is 0 Å². The molecule has 4 atom stereocenters. The molecule has 1 N–H and O–H groups in total. The van der Waals surface area contributed by atoms with E-state index in [0.29, 0.717) is 18.1 Å². The van der Waals surface area contributed by atoms with Crippen molar-refractivity contribution in [1.82, 2.24) is 10.2 Å². The molecule has 2 saturated heterocycles. The van der Waals surface area contributed by atoms with Gasteiger partial charge < -0.3 is 15.0 Å². The summed E-state index contributed by atoms with van der Waals surface area (Å²) < 4.78 is 5.76. The molecule has 1 aliphatic carbocycles. The van der Waals surface area contributed by atoms with Crippen molar-refractivity contribution in [3.8, 4) is 0 Å². The van der Waals surface area contributed by atoms with Gasteiger partial charge in [0.05, 0.1) is 12.1 Å². The number of nitrogens with zero attached hydrogens (tertiary/aromatic N) is 1. The molecule has 3 fully saturated rings. The zero-order valence-electron chi connectivity index (χ0n) is 10.5. The minimum Gasteiger partial charge on any atom is -0.378 e. The van der Waals surface area contributed by atoms with E-state index in [2.05, 4.69) is 5.32 Å². The Morgan fingerprint density at radius 3 is 2.94 bits per heavy atom. The second kappa shape index (κ2) is 4.58. The largest absolute Gasteiger partial charge is 0.378 e. The van der Waals surface area contributed by atoms with Gasteiger partial charge in [-0.05, 0) is 32.1 Å². The molecule has 4 nitrogen and oxygen atoms in total. The number of fused-ring (bicyclic) bond motifs is 1. The summed E-state index contributed by atoms with van der Waals surface area (Å²) in [6.07, 6.45) is 6.23. The first-order valence-electron chi connectivity index (χ1n) is 6.88. The van der Waals surface area contributed by atoms with E-state index in [-0.39, 0.29) is 11.9 Å². The number of likely N-dealkylation sites (N-methyl/N-ethyl adjacent to an activating group) is 1. The van der Waals surface area contributed by atoms with Gasteiger partial charge in [-0.2, -0.15) is 0 Å². The number of rotatable bonds is 2. The molecule has 0 radical (unpaired) electrons. The summed E-state index contributed by atoms with van der Waals surface area (Å²) in [5, 5.41) is 3.60. The smallest absolute Gasteiger partial charge is 0.239 e. The third-order valence-electron chi connectivity index (χ3n) is 4.62. The third kappa shape index (κ3) is 2.08. The fourth-order valence-corrected chi connectivity index (χ4v) is 3.62. The molecular weight excluding hydrogens is 216 g/mol. The molecule has 2 heterocycles. The zero-order valence-corrected chi connectivity index (χ0v) is 10.5. The average Bonchev–Trinajstić information content (AvgIpc) is 2.91. The number of nitrogens with one attached hydrogen (secondary N) is 1. The second-order valence-corrected chi connectivity index (χ2v) is 5.67. The summed E-state index contributed by atoms with van der Waals surface area (Å²) in [6.45, 7) is 1.81. The lowest BCUT2D eigenvalue weighted by Crippen LogP contribution is -2.49. The summed E-state index contributed by atoms with van der Waals surface area (Å²) in [4.78, 5) is 13.7.